The molecule has 0 aliphatic carbocycles. The first kappa shape index (κ1) is 11.4. The molecule has 0 fully saturated rings. The summed E-state index contributed by atoms with van der Waals surface area (Å²) in [5.41, 5.74) is 11.6. The summed E-state index contributed by atoms with van der Waals surface area (Å²) in [4.78, 5) is 0. The normalized spacial score (nSPS) is 12.9. The van der Waals surface area contributed by atoms with Crippen LogP contribution in [0, 0.1) is 5.82 Å². The molecule has 4 N–H and O–H groups in total. The average Bonchev–Trinajstić information content (AvgIpc) is 2.18. The molecule has 0 unspecified atom stereocenters. The summed E-state index contributed by atoms with van der Waals surface area (Å²) >= 11 is 5.64. The van der Waals surface area contributed by atoms with Crippen LogP contribution in [-0.4, -0.2) is 6.54 Å². The molecule has 0 bridgehead atoms. The summed E-state index contributed by atoms with van der Waals surface area (Å²) in [6, 6.07) is 4.54. The lowest BCUT2D eigenvalue weighted by atomic mass is 10.0. The molecule has 0 aliphatic rings. The molecule has 0 saturated heterocycles. The van der Waals surface area contributed by atoms with Gasteiger partial charge in [0.25, 0.3) is 0 Å². The van der Waals surface area contributed by atoms with Crippen molar-refractivity contribution < 1.29 is 4.39 Å². The Labute approximate surface area is 88.0 Å². The van der Waals surface area contributed by atoms with Gasteiger partial charge in [-0.25, -0.2) is 4.39 Å². The fourth-order valence-electron chi connectivity index (χ4n) is 1.30. The molecule has 1 rings (SSSR count). The number of benzene rings is 1. The first-order valence-electron chi connectivity index (χ1n) is 4.56. The Hall–Kier alpha value is -0.640. The van der Waals surface area contributed by atoms with Gasteiger partial charge in [0, 0.05) is 11.6 Å². The van der Waals surface area contributed by atoms with Crippen LogP contribution in [0.2, 0.25) is 5.02 Å². The van der Waals surface area contributed by atoms with Gasteiger partial charge in [-0.3, -0.25) is 0 Å². The van der Waals surface area contributed by atoms with Gasteiger partial charge < -0.3 is 11.5 Å². The lowest BCUT2D eigenvalue weighted by Gasteiger charge is -2.12. The number of nitrogens with two attached hydrogens (primary N) is 2. The van der Waals surface area contributed by atoms with Crippen LogP contribution < -0.4 is 11.5 Å². The lowest BCUT2D eigenvalue weighted by Crippen LogP contribution is -2.14. The molecule has 0 amide bonds. The highest BCUT2D eigenvalue weighted by Gasteiger charge is 2.12. The quantitative estimate of drug-likeness (QED) is 0.811. The van der Waals surface area contributed by atoms with Crippen LogP contribution in [0.25, 0.3) is 0 Å². The van der Waals surface area contributed by atoms with Gasteiger partial charge in [0.1, 0.15) is 5.82 Å². The summed E-state index contributed by atoms with van der Waals surface area (Å²) < 4.78 is 13.4. The third-order valence-electron chi connectivity index (χ3n) is 2.10. The van der Waals surface area contributed by atoms with E-state index in [4.69, 9.17) is 23.1 Å². The van der Waals surface area contributed by atoms with Crippen LogP contribution in [0.4, 0.5) is 4.39 Å². The van der Waals surface area contributed by atoms with Crippen molar-refractivity contribution in [3.05, 3.63) is 34.6 Å². The Morgan fingerprint density at radius 1 is 1.43 bits per heavy atom. The van der Waals surface area contributed by atoms with Crippen molar-refractivity contribution in [3.63, 3.8) is 0 Å². The van der Waals surface area contributed by atoms with E-state index in [2.05, 4.69) is 0 Å². The van der Waals surface area contributed by atoms with Crippen molar-refractivity contribution in [3.8, 4) is 0 Å². The number of hydrogen-bond donors (Lipinski definition) is 2. The van der Waals surface area contributed by atoms with Crippen molar-refractivity contribution in [1.82, 2.24) is 0 Å². The minimum atomic E-state index is -0.418. The second-order valence-electron chi connectivity index (χ2n) is 3.18. The van der Waals surface area contributed by atoms with E-state index in [9.17, 15) is 4.39 Å². The van der Waals surface area contributed by atoms with Gasteiger partial charge in [-0.1, -0.05) is 23.7 Å². The Morgan fingerprint density at radius 2 is 2.14 bits per heavy atom. The highest BCUT2D eigenvalue weighted by atomic mass is 35.5. The van der Waals surface area contributed by atoms with Crippen molar-refractivity contribution in [2.24, 2.45) is 11.5 Å². The second kappa shape index (κ2) is 5.29. The molecule has 1 atom stereocenters. The van der Waals surface area contributed by atoms with Crippen molar-refractivity contribution >= 4 is 11.6 Å². The molecule has 0 spiro atoms. The molecule has 78 valence electrons. The molecule has 0 aromatic heterocycles. The highest BCUT2D eigenvalue weighted by molar-refractivity contribution is 6.30. The summed E-state index contributed by atoms with van der Waals surface area (Å²) in [5, 5.41) is 0.116. The topological polar surface area (TPSA) is 52.0 Å². The standard InChI is InChI=1S/C10H14ClFN2/c11-8-4-1-3-7(10(8)12)9(14)5-2-6-13/h1,3-4,9H,2,5-6,13-14H2/t9-/m0/s1. The SMILES string of the molecule is NCCC[C@H](N)c1cccc(Cl)c1F. The molecule has 0 heterocycles. The van der Waals surface area contributed by atoms with Crippen molar-refractivity contribution in [2.75, 3.05) is 6.54 Å². The van der Waals surface area contributed by atoms with Gasteiger partial charge in [0.15, 0.2) is 0 Å². The maximum atomic E-state index is 13.4. The van der Waals surface area contributed by atoms with Gasteiger partial charge in [0.05, 0.1) is 5.02 Å². The van der Waals surface area contributed by atoms with E-state index in [1.165, 1.54) is 6.07 Å². The minimum absolute atomic E-state index is 0.116. The van der Waals surface area contributed by atoms with E-state index in [0.717, 1.165) is 6.42 Å². The van der Waals surface area contributed by atoms with E-state index >= 15 is 0 Å². The largest absolute Gasteiger partial charge is 0.330 e. The molecule has 0 aliphatic heterocycles. The molecule has 0 saturated carbocycles. The van der Waals surface area contributed by atoms with Crippen LogP contribution in [0.3, 0.4) is 0 Å². The third kappa shape index (κ3) is 2.67. The Morgan fingerprint density at radius 3 is 2.79 bits per heavy atom. The number of halogens is 2. The zero-order valence-electron chi connectivity index (χ0n) is 7.84. The summed E-state index contributed by atoms with van der Waals surface area (Å²) in [6.45, 7) is 0.565. The smallest absolute Gasteiger partial charge is 0.146 e. The summed E-state index contributed by atoms with van der Waals surface area (Å²) in [5.74, 6) is -0.418. The summed E-state index contributed by atoms with van der Waals surface area (Å²) in [7, 11) is 0. The maximum absolute atomic E-state index is 13.4. The molecule has 14 heavy (non-hydrogen) atoms. The van der Waals surface area contributed by atoms with Crippen LogP contribution in [-0.2, 0) is 0 Å². The molecular formula is C10H14ClFN2. The van der Waals surface area contributed by atoms with Crippen molar-refractivity contribution in [1.29, 1.82) is 0 Å². The molecule has 2 nitrogen and oxygen atoms in total. The first-order chi connectivity index (χ1) is 6.66. The van der Waals surface area contributed by atoms with Crippen molar-refractivity contribution in [2.45, 2.75) is 18.9 Å². The van der Waals surface area contributed by atoms with Gasteiger partial charge in [0.2, 0.25) is 0 Å². The van der Waals surface area contributed by atoms with E-state index in [1.807, 2.05) is 0 Å². The zero-order chi connectivity index (χ0) is 10.6. The Balaban J connectivity index is 2.79. The van der Waals surface area contributed by atoms with Crippen LogP contribution in [0.15, 0.2) is 18.2 Å². The van der Waals surface area contributed by atoms with E-state index in [1.54, 1.807) is 12.1 Å². The highest BCUT2D eigenvalue weighted by Crippen LogP contribution is 2.24. The number of hydrogen-bond acceptors (Lipinski definition) is 2. The molecular weight excluding hydrogens is 203 g/mol. The lowest BCUT2D eigenvalue weighted by molar-refractivity contribution is 0.554. The van der Waals surface area contributed by atoms with Gasteiger partial charge >= 0.3 is 0 Å². The monoisotopic (exact) mass is 216 g/mol. The predicted octanol–water partition coefficient (Wildman–Crippen LogP) is 2.22. The summed E-state index contributed by atoms with van der Waals surface area (Å²) in [6.07, 6.45) is 1.46. The van der Waals surface area contributed by atoms with E-state index < -0.39 is 5.82 Å². The van der Waals surface area contributed by atoms with Crippen LogP contribution in [0.5, 0.6) is 0 Å². The zero-order valence-corrected chi connectivity index (χ0v) is 8.60. The predicted molar refractivity (Wildman–Crippen MR) is 56.6 cm³/mol. The average molecular weight is 217 g/mol. The van der Waals surface area contributed by atoms with E-state index in [0.29, 0.717) is 18.5 Å². The minimum Gasteiger partial charge on any atom is -0.330 e. The number of rotatable bonds is 4. The maximum Gasteiger partial charge on any atom is 0.146 e. The van der Waals surface area contributed by atoms with Gasteiger partial charge in [-0.2, -0.15) is 0 Å². The van der Waals surface area contributed by atoms with E-state index in [-0.39, 0.29) is 11.1 Å². The first-order valence-corrected chi connectivity index (χ1v) is 4.94. The second-order valence-corrected chi connectivity index (χ2v) is 3.59. The van der Waals surface area contributed by atoms with Gasteiger partial charge in [-0.15, -0.1) is 0 Å². The molecule has 4 heteroatoms. The third-order valence-corrected chi connectivity index (χ3v) is 2.39. The molecule has 1 aromatic rings. The molecule has 0 radical (unpaired) electrons. The van der Waals surface area contributed by atoms with Crippen LogP contribution in [0.1, 0.15) is 24.4 Å². The Bertz CT molecular complexity index is 304. The molecule has 1 aromatic carbocycles. The Kier molecular flexibility index (Phi) is 4.32. The van der Waals surface area contributed by atoms with Gasteiger partial charge in [-0.05, 0) is 25.5 Å². The fraction of sp³-hybridized carbons (Fsp3) is 0.400. The van der Waals surface area contributed by atoms with Crippen LogP contribution >= 0.6 is 11.6 Å². The fourth-order valence-corrected chi connectivity index (χ4v) is 1.48.